The van der Waals surface area contributed by atoms with Gasteiger partial charge in [0.1, 0.15) is 11.4 Å². The van der Waals surface area contributed by atoms with Crippen LogP contribution >= 0.6 is 15.9 Å². The van der Waals surface area contributed by atoms with Gasteiger partial charge < -0.3 is 20.5 Å². The number of nitrogens with one attached hydrogen (secondary N) is 2. The van der Waals surface area contributed by atoms with E-state index in [0.29, 0.717) is 11.0 Å². The molecular formula is C16H25BrN2O3. The summed E-state index contributed by atoms with van der Waals surface area (Å²) in [5, 5.41) is 15.5. The molecule has 1 unspecified atom stereocenters. The van der Waals surface area contributed by atoms with Crippen LogP contribution in [0.2, 0.25) is 0 Å². The summed E-state index contributed by atoms with van der Waals surface area (Å²) < 4.78 is 5.90. The van der Waals surface area contributed by atoms with E-state index < -0.39 is 5.60 Å². The Balaban J connectivity index is 2.23. The van der Waals surface area contributed by atoms with Crippen LogP contribution in [0.5, 0.6) is 5.75 Å². The maximum atomic E-state index is 11.6. The first kappa shape index (κ1) is 18.8. The molecule has 0 bridgehead atoms. The van der Waals surface area contributed by atoms with Gasteiger partial charge in [0.2, 0.25) is 0 Å². The summed E-state index contributed by atoms with van der Waals surface area (Å²) in [6, 6.07) is 5.45. The molecule has 3 N–H and O–H groups in total. The van der Waals surface area contributed by atoms with Crippen molar-refractivity contribution in [3.8, 4) is 5.75 Å². The molecule has 1 amide bonds. The predicted octanol–water partition coefficient (Wildman–Crippen LogP) is 3.55. The molecule has 0 saturated carbocycles. The van der Waals surface area contributed by atoms with Gasteiger partial charge in [-0.15, -0.1) is 0 Å². The molecule has 0 aliphatic rings. The molecule has 1 aromatic rings. The van der Waals surface area contributed by atoms with E-state index in [1.54, 1.807) is 6.07 Å². The minimum atomic E-state index is -0.478. The molecule has 6 heteroatoms. The summed E-state index contributed by atoms with van der Waals surface area (Å²) in [5.74, 6) is 0.235. The van der Waals surface area contributed by atoms with Gasteiger partial charge in [-0.2, -0.15) is 0 Å². The van der Waals surface area contributed by atoms with Crippen molar-refractivity contribution in [3.05, 3.63) is 28.2 Å². The first-order chi connectivity index (χ1) is 10.2. The van der Waals surface area contributed by atoms with Crippen LogP contribution in [0.15, 0.2) is 22.7 Å². The summed E-state index contributed by atoms with van der Waals surface area (Å²) in [5.41, 5.74) is 0.603. The zero-order valence-corrected chi connectivity index (χ0v) is 15.2. The Morgan fingerprint density at radius 3 is 2.68 bits per heavy atom. The van der Waals surface area contributed by atoms with Gasteiger partial charge in [-0.3, -0.25) is 0 Å². The number of amides is 1. The second-order valence-corrected chi connectivity index (χ2v) is 7.15. The van der Waals surface area contributed by atoms with Crippen LogP contribution in [0.3, 0.4) is 0 Å². The minimum Gasteiger partial charge on any atom is -0.507 e. The van der Waals surface area contributed by atoms with Crippen LogP contribution in [0.25, 0.3) is 0 Å². The minimum absolute atomic E-state index is 0.0360. The van der Waals surface area contributed by atoms with Crippen molar-refractivity contribution in [2.75, 3.05) is 6.54 Å². The topological polar surface area (TPSA) is 70.6 Å². The van der Waals surface area contributed by atoms with Gasteiger partial charge in [0.05, 0.1) is 4.47 Å². The summed E-state index contributed by atoms with van der Waals surface area (Å²) in [7, 11) is 0. The highest BCUT2D eigenvalue weighted by Crippen LogP contribution is 2.24. The summed E-state index contributed by atoms with van der Waals surface area (Å²) in [6.07, 6.45) is 0.417. The fourth-order valence-corrected chi connectivity index (χ4v) is 2.22. The Morgan fingerprint density at radius 2 is 2.09 bits per heavy atom. The third kappa shape index (κ3) is 7.66. The average Bonchev–Trinajstić information content (AvgIpc) is 2.36. The number of ether oxygens (including phenoxy) is 1. The first-order valence-electron chi connectivity index (χ1n) is 7.35. The van der Waals surface area contributed by atoms with Crippen molar-refractivity contribution in [3.63, 3.8) is 0 Å². The van der Waals surface area contributed by atoms with Crippen LogP contribution in [-0.2, 0) is 11.3 Å². The molecule has 1 aromatic carbocycles. The van der Waals surface area contributed by atoms with Gasteiger partial charge >= 0.3 is 6.09 Å². The smallest absolute Gasteiger partial charge is 0.407 e. The fourth-order valence-electron chi connectivity index (χ4n) is 1.79. The van der Waals surface area contributed by atoms with E-state index in [9.17, 15) is 9.90 Å². The summed E-state index contributed by atoms with van der Waals surface area (Å²) >= 11 is 3.29. The lowest BCUT2D eigenvalue weighted by molar-refractivity contribution is 0.0506. The maximum Gasteiger partial charge on any atom is 0.407 e. The number of rotatable bonds is 6. The number of benzene rings is 1. The van der Waals surface area contributed by atoms with E-state index in [0.717, 1.165) is 18.5 Å². The van der Waals surface area contributed by atoms with E-state index in [1.807, 2.05) is 39.8 Å². The molecular weight excluding hydrogens is 348 g/mol. The van der Waals surface area contributed by atoms with E-state index in [2.05, 4.69) is 26.6 Å². The number of hydrogen-bond donors (Lipinski definition) is 3. The second kappa shape index (κ2) is 8.39. The quantitative estimate of drug-likeness (QED) is 0.667. The number of aromatic hydroxyl groups is 1. The van der Waals surface area contributed by atoms with Crippen LogP contribution in [0, 0.1) is 0 Å². The molecule has 0 heterocycles. The SMILES string of the molecule is CC(CCNCc1ccc(O)c(Br)c1)NC(=O)OC(C)(C)C. The van der Waals surface area contributed by atoms with Crippen LogP contribution in [0.1, 0.15) is 39.7 Å². The van der Waals surface area contributed by atoms with Crippen molar-refractivity contribution < 1.29 is 14.6 Å². The molecule has 0 fully saturated rings. The molecule has 22 heavy (non-hydrogen) atoms. The number of carbonyl (C=O) groups is 1. The van der Waals surface area contributed by atoms with Gasteiger partial charge in [-0.25, -0.2) is 4.79 Å². The molecule has 0 spiro atoms. The Morgan fingerprint density at radius 1 is 1.41 bits per heavy atom. The standard InChI is InChI=1S/C16H25BrN2O3/c1-11(19-15(21)22-16(2,3)4)7-8-18-10-12-5-6-14(20)13(17)9-12/h5-6,9,11,18,20H,7-8,10H2,1-4H3,(H,19,21). The highest BCUT2D eigenvalue weighted by atomic mass is 79.9. The Hall–Kier alpha value is -1.27. The van der Waals surface area contributed by atoms with Crippen molar-refractivity contribution in [2.24, 2.45) is 0 Å². The molecule has 0 aliphatic heterocycles. The van der Waals surface area contributed by atoms with Gasteiger partial charge in [-0.05, 0) is 74.3 Å². The maximum absolute atomic E-state index is 11.6. The molecule has 0 saturated heterocycles. The largest absolute Gasteiger partial charge is 0.507 e. The predicted molar refractivity (Wildman–Crippen MR) is 91.0 cm³/mol. The zero-order valence-electron chi connectivity index (χ0n) is 13.6. The third-order valence-corrected chi connectivity index (χ3v) is 3.49. The fraction of sp³-hybridized carbons (Fsp3) is 0.562. The van der Waals surface area contributed by atoms with Crippen LogP contribution < -0.4 is 10.6 Å². The molecule has 0 aromatic heterocycles. The number of carbonyl (C=O) groups excluding carboxylic acids is 1. The number of phenolic OH excluding ortho intramolecular Hbond substituents is 1. The van der Waals surface area contributed by atoms with E-state index in [-0.39, 0.29) is 17.9 Å². The number of alkyl carbamates (subject to hydrolysis) is 1. The van der Waals surface area contributed by atoms with Gasteiger partial charge in [0, 0.05) is 12.6 Å². The van der Waals surface area contributed by atoms with E-state index >= 15 is 0 Å². The average molecular weight is 373 g/mol. The third-order valence-electron chi connectivity index (χ3n) is 2.86. The Labute approximate surface area is 140 Å². The number of hydrogen-bond acceptors (Lipinski definition) is 4. The van der Waals surface area contributed by atoms with Crippen molar-refractivity contribution in [1.29, 1.82) is 0 Å². The van der Waals surface area contributed by atoms with Gasteiger partial charge in [0.15, 0.2) is 0 Å². The van der Waals surface area contributed by atoms with E-state index in [4.69, 9.17) is 4.74 Å². The Bertz CT molecular complexity index is 501. The van der Waals surface area contributed by atoms with Crippen molar-refractivity contribution >= 4 is 22.0 Å². The highest BCUT2D eigenvalue weighted by Gasteiger charge is 2.17. The molecule has 0 radical (unpaired) electrons. The Kier molecular flexibility index (Phi) is 7.16. The lowest BCUT2D eigenvalue weighted by Crippen LogP contribution is -2.38. The van der Waals surface area contributed by atoms with Gasteiger partial charge in [-0.1, -0.05) is 6.07 Å². The number of phenols is 1. The first-order valence-corrected chi connectivity index (χ1v) is 8.14. The van der Waals surface area contributed by atoms with Crippen LogP contribution in [0.4, 0.5) is 4.79 Å². The highest BCUT2D eigenvalue weighted by molar-refractivity contribution is 9.10. The number of halogens is 1. The van der Waals surface area contributed by atoms with Gasteiger partial charge in [0.25, 0.3) is 0 Å². The summed E-state index contributed by atoms with van der Waals surface area (Å²) in [6.45, 7) is 8.95. The monoisotopic (exact) mass is 372 g/mol. The lowest BCUT2D eigenvalue weighted by Gasteiger charge is -2.22. The van der Waals surface area contributed by atoms with Crippen molar-refractivity contribution in [2.45, 2.75) is 52.3 Å². The molecule has 124 valence electrons. The normalized spacial score (nSPS) is 12.8. The van der Waals surface area contributed by atoms with Crippen molar-refractivity contribution in [1.82, 2.24) is 10.6 Å². The zero-order chi connectivity index (χ0) is 16.8. The summed E-state index contributed by atoms with van der Waals surface area (Å²) in [4.78, 5) is 11.6. The molecule has 0 aliphatic carbocycles. The molecule has 1 rings (SSSR count). The molecule has 1 atom stereocenters. The van der Waals surface area contributed by atoms with Crippen LogP contribution in [-0.4, -0.2) is 29.4 Å². The van der Waals surface area contributed by atoms with E-state index in [1.165, 1.54) is 0 Å². The second-order valence-electron chi connectivity index (χ2n) is 6.30. The molecule has 5 nitrogen and oxygen atoms in total. The lowest BCUT2D eigenvalue weighted by atomic mass is 10.2.